The standard InChI is InChI=1S/C15H16N2O5S/c1-21-13(18)5-2-8-16-15(20)11-6-7-12(23-11)17-14(19)10-4-3-9-22-10/h3-4,6-7,9H,2,5,8H2,1H3,(H,16,20)(H,17,19). The second kappa shape index (κ2) is 8.14. The van der Waals surface area contributed by atoms with E-state index < -0.39 is 0 Å². The Morgan fingerprint density at radius 1 is 1.22 bits per heavy atom. The molecule has 23 heavy (non-hydrogen) atoms. The highest BCUT2D eigenvalue weighted by molar-refractivity contribution is 7.18. The molecule has 2 N–H and O–H groups in total. The van der Waals surface area contributed by atoms with Gasteiger partial charge in [0.25, 0.3) is 11.8 Å². The van der Waals surface area contributed by atoms with E-state index in [2.05, 4.69) is 15.4 Å². The van der Waals surface area contributed by atoms with Gasteiger partial charge >= 0.3 is 5.97 Å². The summed E-state index contributed by atoms with van der Waals surface area (Å²) in [6, 6.07) is 6.45. The predicted molar refractivity (Wildman–Crippen MR) is 84.6 cm³/mol. The molecule has 0 saturated carbocycles. The number of carbonyl (C=O) groups excluding carboxylic acids is 3. The van der Waals surface area contributed by atoms with Crippen molar-refractivity contribution in [3.05, 3.63) is 41.2 Å². The zero-order chi connectivity index (χ0) is 16.7. The summed E-state index contributed by atoms with van der Waals surface area (Å²) in [7, 11) is 1.32. The van der Waals surface area contributed by atoms with Crippen molar-refractivity contribution in [2.24, 2.45) is 0 Å². The number of hydrogen-bond acceptors (Lipinski definition) is 6. The molecule has 0 aromatic carbocycles. The van der Waals surface area contributed by atoms with Crippen LogP contribution in [-0.4, -0.2) is 31.4 Å². The van der Waals surface area contributed by atoms with E-state index in [1.165, 1.54) is 13.4 Å². The van der Waals surface area contributed by atoms with Crippen molar-refractivity contribution in [1.82, 2.24) is 5.32 Å². The van der Waals surface area contributed by atoms with Gasteiger partial charge in [-0.2, -0.15) is 0 Å². The van der Waals surface area contributed by atoms with Crippen LogP contribution in [0.25, 0.3) is 0 Å². The molecule has 0 saturated heterocycles. The quantitative estimate of drug-likeness (QED) is 0.597. The number of anilines is 1. The predicted octanol–water partition coefficient (Wildman–Crippen LogP) is 2.28. The molecule has 7 nitrogen and oxygen atoms in total. The summed E-state index contributed by atoms with van der Waals surface area (Å²) in [5, 5.41) is 5.91. The average molecular weight is 336 g/mol. The monoisotopic (exact) mass is 336 g/mol. The largest absolute Gasteiger partial charge is 0.469 e. The summed E-state index contributed by atoms with van der Waals surface area (Å²) in [5.74, 6) is -0.731. The first-order valence-corrected chi connectivity index (χ1v) is 7.71. The normalized spacial score (nSPS) is 10.1. The van der Waals surface area contributed by atoms with Crippen LogP contribution in [-0.2, 0) is 9.53 Å². The van der Waals surface area contributed by atoms with Crippen LogP contribution in [0.4, 0.5) is 5.00 Å². The minimum atomic E-state index is -0.373. The highest BCUT2D eigenvalue weighted by Gasteiger charge is 2.13. The topological polar surface area (TPSA) is 97.6 Å². The molecule has 2 aromatic heterocycles. The maximum atomic E-state index is 11.9. The molecular formula is C15H16N2O5S. The fourth-order valence-electron chi connectivity index (χ4n) is 1.73. The number of esters is 1. The number of ether oxygens (including phenoxy) is 1. The molecule has 2 rings (SSSR count). The van der Waals surface area contributed by atoms with Crippen LogP contribution in [0, 0.1) is 0 Å². The highest BCUT2D eigenvalue weighted by atomic mass is 32.1. The summed E-state index contributed by atoms with van der Waals surface area (Å²) in [5.41, 5.74) is 0. The number of rotatable bonds is 7. The van der Waals surface area contributed by atoms with Crippen molar-refractivity contribution in [3.8, 4) is 0 Å². The van der Waals surface area contributed by atoms with Gasteiger partial charge in [0.1, 0.15) is 0 Å². The van der Waals surface area contributed by atoms with Crippen molar-refractivity contribution >= 4 is 34.1 Å². The molecule has 2 amide bonds. The molecule has 2 heterocycles. The smallest absolute Gasteiger partial charge is 0.305 e. The van der Waals surface area contributed by atoms with Gasteiger partial charge in [-0.1, -0.05) is 0 Å². The molecule has 0 radical (unpaired) electrons. The van der Waals surface area contributed by atoms with Crippen molar-refractivity contribution < 1.29 is 23.5 Å². The minimum Gasteiger partial charge on any atom is -0.469 e. The van der Waals surface area contributed by atoms with Gasteiger partial charge in [0.05, 0.1) is 23.3 Å². The molecule has 0 fully saturated rings. The first-order chi connectivity index (χ1) is 11.1. The van der Waals surface area contributed by atoms with Crippen LogP contribution in [0.3, 0.4) is 0 Å². The first kappa shape index (κ1) is 16.8. The van der Waals surface area contributed by atoms with Crippen molar-refractivity contribution in [3.63, 3.8) is 0 Å². The van der Waals surface area contributed by atoms with Crippen molar-refractivity contribution in [1.29, 1.82) is 0 Å². The van der Waals surface area contributed by atoms with Gasteiger partial charge in [0, 0.05) is 13.0 Å². The Bertz CT molecular complexity index is 678. The lowest BCUT2D eigenvalue weighted by Crippen LogP contribution is -2.24. The minimum absolute atomic E-state index is 0.201. The maximum Gasteiger partial charge on any atom is 0.305 e. The lowest BCUT2D eigenvalue weighted by Gasteiger charge is -2.03. The van der Waals surface area contributed by atoms with Gasteiger partial charge < -0.3 is 19.8 Å². The molecule has 0 atom stereocenters. The highest BCUT2D eigenvalue weighted by Crippen LogP contribution is 2.22. The molecular weight excluding hydrogens is 320 g/mol. The Labute approximate surface area is 136 Å². The van der Waals surface area contributed by atoms with Gasteiger partial charge in [-0.05, 0) is 30.7 Å². The van der Waals surface area contributed by atoms with E-state index >= 15 is 0 Å². The second-order valence-electron chi connectivity index (χ2n) is 4.53. The average Bonchev–Trinajstić information content (AvgIpc) is 3.22. The van der Waals surface area contributed by atoms with Gasteiger partial charge in [0.2, 0.25) is 0 Å². The van der Waals surface area contributed by atoms with Crippen LogP contribution in [0.15, 0.2) is 34.9 Å². The molecule has 8 heteroatoms. The zero-order valence-corrected chi connectivity index (χ0v) is 13.3. The van der Waals surface area contributed by atoms with E-state index in [0.29, 0.717) is 22.8 Å². The van der Waals surface area contributed by atoms with Crippen LogP contribution in [0.1, 0.15) is 33.1 Å². The Kier molecular flexibility index (Phi) is 5.93. The zero-order valence-electron chi connectivity index (χ0n) is 12.5. The lowest BCUT2D eigenvalue weighted by molar-refractivity contribution is -0.140. The van der Waals surface area contributed by atoms with Gasteiger partial charge in [0.15, 0.2) is 5.76 Å². The Balaban J connectivity index is 1.80. The third-order valence-electron chi connectivity index (χ3n) is 2.88. The van der Waals surface area contributed by atoms with Crippen LogP contribution < -0.4 is 10.6 Å². The third-order valence-corrected chi connectivity index (χ3v) is 3.88. The maximum absolute atomic E-state index is 11.9. The van der Waals surface area contributed by atoms with Crippen molar-refractivity contribution in [2.45, 2.75) is 12.8 Å². The summed E-state index contributed by atoms with van der Waals surface area (Å²) in [6.45, 7) is 0.375. The SMILES string of the molecule is COC(=O)CCCNC(=O)c1ccc(NC(=O)c2ccco2)s1. The molecule has 2 aromatic rings. The Morgan fingerprint density at radius 3 is 2.74 bits per heavy atom. The van der Waals surface area contributed by atoms with Crippen molar-refractivity contribution in [2.75, 3.05) is 19.0 Å². The van der Waals surface area contributed by atoms with Crippen LogP contribution in [0.5, 0.6) is 0 Å². The van der Waals surface area contributed by atoms with Gasteiger partial charge in [-0.15, -0.1) is 11.3 Å². The van der Waals surface area contributed by atoms with Gasteiger partial charge in [-0.25, -0.2) is 0 Å². The Hall–Kier alpha value is -2.61. The summed E-state index contributed by atoms with van der Waals surface area (Å²) in [6.07, 6.45) is 2.17. The fourth-order valence-corrected chi connectivity index (χ4v) is 2.55. The lowest BCUT2D eigenvalue weighted by atomic mass is 10.3. The number of carbonyl (C=O) groups is 3. The van der Waals surface area contributed by atoms with Crippen LogP contribution >= 0.6 is 11.3 Å². The summed E-state index contributed by atoms with van der Waals surface area (Å²) >= 11 is 1.16. The number of methoxy groups -OCH3 is 1. The molecule has 122 valence electrons. The number of thiophene rings is 1. The molecule has 0 aliphatic carbocycles. The second-order valence-corrected chi connectivity index (χ2v) is 5.61. The molecule has 0 aliphatic heterocycles. The summed E-state index contributed by atoms with van der Waals surface area (Å²) in [4.78, 5) is 35.2. The van der Waals surface area contributed by atoms with E-state index in [1.807, 2.05) is 0 Å². The fraction of sp³-hybridized carbons (Fsp3) is 0.267. The summed E-state index contributed by atoms with van der Waals surface area (Å²) < 4.78 is 9.51. The van der Waals surface area contributed by atoms with E-state index in [1.54, 1.807) is 24.3 Å². The Morgan fingerprint density at radius 2 is 2.04 bits per heavy atom. The first-order valence-electron chi connectivity index (χ1n) is 6.90. The van der Waals surface area contributed by atoms with E-state index in [9.17, 15) is 14.4 Å². The van der Waals surface area contributed by atoms with Gasteiger partial charge in [-0.3, -0.25) is 14.4 Å². The number of hydrogen-bond donors (Lipinski definition) is 2. The van der Waals surface area contributed by atoms with E-state index in [-0.39, 0.29) is 30.0 Å². The number of amides is 2. The molecule has 0 unspecified atom stereocenters. The van der Waals surface area contributed by atoms with E-state index in [0.717, 1.165) is 11.3 Å². The molecule has 0 bridgehead atoms. The van der Waals surface area contributed by atoms with Crippen LogP contribution in [0.2, 0.25) is 0 Å². The number of furan rings is 1. The van der Waals surface area contributed by atoms with E-state index in [4.69, 9.17) is 4.42 Å². The molecule has 0 aliphatic rings. The third kappa shape index (κ3) is 4.96. The number of nitrogens with one attached hydrogen (secondary N) is 2. The molecule has 0 spiro atoms.